The number of aryl methyl sites for hydroxylation is 2. The van der Waals surface area contributed by atoms with Crippen LogP contribution in [0.3, 0.4) is 0 Å². The zero-order valence-electron chi connectivity index (χ0n) is 17.5. The van der Waals surface area contributed by atoms with Gasteiger partial charge in [0.2, 0.25) is 5.91 Å². The van der Waals surface area contributed by atoms with E-state index in [0.717, 1.165) is 5.56 Å². The number of aromatic nitrogens is 3. The molecule has 1 unspecified atom stereocenters. The van der Waals surface area contributed by atoms with E-state index >= 15 is 0 Å². The van der Waals surface area contributed by atoms with Crippen LogP contribution in [0.15, 0.2) is 69.1 Å². The lowest BCUT2D eigenvalue weighted by atomic mass is 10.2. The van der Waals surface area contributed by atoms with Gasteiger partial charge >= 0.3 is 0 Å². The highest BCUT2D eigenvalue weighted by molar-refractivity contribution is 8.00. The van der Waals surface area contributed by atoms with Crippen LogP contribution in [0.25, 0.3) is 16.6 Å². The maximum Gasteiger partial charge on any atom is 0.266 e. The largest absolute Gasteiger partial charge is 0.360 e. The molecule has 0 fully saturated rings. The Morgan fingerprint density at radius 2 is 1.90 bits per heavy atom. The second-order valence-electron chi connectivity index (χ2n) is 7.21. The molecule has 0 aliphatic heterocycles. The Balaban J connectivity index is 1.76. The fraction of sp³-hybridized carbons (Fsp3) is 0.217. The number of hydrogen-bond acceptors (Lipinski definition) is 6. The van der Waals surface area contributed by atoms with E-state index in [1.807, 2.05) is 50.2 Å². The predicted molar refractivity (Wildman–Crippen MR) is 122 cm³/mol. The first-order valence-corrected chi connectivity index (χ1v) is 10.8. The van der Waals surface area contributed by atoms with Gasteiger partial charge in [0.25, 0.3) is 5.56 Å². The first-order chi connectivity index (χ1) is 15.0. The van der Waals surface area contributed by atoms with Crippen molar-refractivity contribution >= 4 is 34.4 Å². The van der Waals surface area contributed by atoms with E-state index in [-0.39, 0.29) is 11.5 Å². The van der Waals surface area contributed by atoms with Gasteiger partial charge in [-0.25, -0.2) is 4.98 Å². The van der Waals surface area contributed by atoms with Crippen LogP contribution in [0.4, 0.5) is 5.82 Å². The summed E-state index contributed by atoms with van der Waals surface area (Å²) < 4.78 is 6.59. The molecule has 1 N–H and O–H groups in total. The van der Waals surface area contributed by atoms with E-state index in [4.69, 9.17) is 9.51 Å². The molecule has 2 aromatic carbocycles. The second-order valence-corrected chi connectivity index (χ2v) is 8.38. The van der Waals surface area contributed by atoms with Crippen molar-refractivity contribution in [3.8, 4) is 5.69 Å². The Morgan fingerprint density at radius 1 is 1.16 bits per heavy atom. The number of rotatable bonds is 6. The van der Waals surface area contributed by atoms with Gasteiger partial charge in [-0.2, -0.15) is 0 Å². The summed E-state index contributed by atoms with van der Waals surface area (Å²) in [5.41, 5.74) is 2.23. The average molecular weight is 435 g/mol. The number of nitrogens with zero attached hydrogens (tertiary/aromatic N) is 3. The fourth-order valence-corrected chi connectivity index (χ4v) is 4.23. The quantitative estimate of drug-likeness (QED) is 0.355. The van der Waals surface area contributed by atoms with Crippen molar-refractivity contribution < 1.29 is 9.32 Å². The van der Waals surface area contributed by atoms with E-state index in [1.54, 1.807) is 29.7 Å². The van der Waals surface area contributed by atoms with E-state index < -0.39 is 5.25 Å². The van der Waals surface area contributed by atoms with Crippen molar-refractivity contribution in [1.82, 2.24) is 14.7 Å². The third-order valence-corrected chi connectivity index (χ3v) is 6.14. The molecule has 4 rings (SSSR count). The number of amides is 1. The highest BCUT2D eigenvalue weighted by atomic mass is 32.2. The minimum atomic E-state index is -0.471. The summed E-state index contributed by atoms with van der Waals surface area (Å²) in [6.07, 6.45) is 0.546. The third-order valence-electron chi connectivity index (χ3n) is 4.83. The van der Waals surface area contributed by atoms with Crippen LogP contribution in [0, 0.1) is 13.8 Å². The molecule has 0 saturated carbocycles. The number of hydrogen-bond donors (Lipinski definition) is 1. The van der Waals surface area contributed by atoms with E-state index in [2.05, 4.69) is 10.5 Å². The Hall–Kier alpha value is -3.39. The number of para-hydroxylation sites is 1. The molecule has 1 atom stereocenters. The molecule has 0 bridgehead atoms. The summed E-state index contributed by atoms with van der Waals surface area (Å²) in [4.78, 5) is 31.0. The second kappa shape index (κ2) is 8.77. The fourth-order valence-electron chi connectivity index (χ4n) is 3.19. The highest BCUT2D eigenvalue weighted by Gasteiger charge is 2.23. The third kappa shape index (κ3) is 4.39. The Kier molecular flexibility index (Phi) is 5.90. The Morgan fingerprint density at radius 3 is 2.58 bits per heavy atom. The molecule has 0 aliphatic rings. The lowest BCUT2D eigenvalue weighted by molar-refractivity contribution is -0.115. The van der Waals surface area contributed by atoms with Crippen LogP contribution in [0.1, 0.15) is 24.7 Å². The molecule has 2 heterocycles. The minimum absolute atomic E-state index is 0.167. The normalized spacial score (nSPS) is 12.1. The van der Waals surface area contributed by atoms with Gasteiger partial charge in [-0.05, 0) is 44.5 Å². The van der Waals surface area contributed by atoms with E-state index in [1.165, 1.54) is 11.8 Å². The summed E-state index contributed by atoms with van der Waals surface area (Å²) in [6.45, 7) is 5.67. The molecule has 0 radical (unpaired) electrons. The Bertz CT molecular complexity index is 1290. The molecular formula is C23H22N4O3S. The summed E-state index contributed by atoms with van der Waals surface area (Å²) in [5.74, 6) is 0.753. The van der Waals surface area contributed by atoms with Crippen LogP contribution in [0.5, 0.6) is 0 Å². The number of anilines is 1. The topological polar surface area (TPSA) is 90.0 Å². The van der Waals surface area contributed by atoms with Crippen LogP contribution >= 0.6 is 11.8 Å². The van der Waals surface area contributed by atoms with Gasteiger partial charge in [-0.1, -0.05) is 53.7 Å². The number of benzene rings is 2. The average Bonchev–Trinajstić information content (AvgIpc) is 3.17. The van der Waals surface area contributed by atoms with Crippen molar-refractivity contribution in [1.29, 1.82) is 0 Å². The summed E-state index contributed by atoms with van der Waals surface area (Å²) in [6, 6.07) is 16.6. The number of fused-ring (bicyclic) bond motifs is 1. The van der Waals surface area contributed by atoms with Crippen molar-refractivity contribution in [2.45, 2.75) is 37.6 Å². The Labute approximate surface area is 183 Å². The van der Waals surface area contributed by atoms with Gasteiger partial charge in [-0.15, -0.1) is 0 Å². The first kappa shape index (κ1) is 20.9. The summed E-state index contributed by atoms with van der Waals surface area (Å²) in [7, 11) is 0. The first-order valence-electron chi connectivity index (χ1n) is 9.96. The van der Waals surface area contributed by atoms with E-state index in [0.29, 0.717) is 39.7 Å². The monoisotopic (exact) mass is 434 g/mol. The van der Waals surface area contributed by atoms with Crippen LogP contribution in [-0.2, 0) is 4.79 Å². The number of carbonyl (C=O) groups excluding carboxylic acids is 1. The molecule has 0 spiro atoms. The lowest BCUT2D eigenvalue weighted by Gasteiger charge is -2.17. The standard InChI is InChI=1S/C23H22N4O3S/c1-4-19(21(28)25-20-13-15(3)30-26-20)31-23-24-18-8-6-5-7-17(18)22(29)27(23)16-11-9-14(2)10-12-16/h5-13,19H,4H2,1-3H3,(H,25,26,28). The number of thioether (sulfide) groups is 1. The molecule has 31 heavy (non-hydrogen) atoms. The zero-order valence-corrected chi connectivity index (χ0v) is 18.3. The molecule has 1 amide bonds. The van der Waals surface area contributed by atoms with Crippen molar-refractivity contribution in [3.05, 3.63) is 76.3 Å². The van der Waals surface area contributed by atoms with Crippen LogP contribution in [-0.4, -0.2) is 25.9 Å². The van der Waals surface area contributed by atoms with Gasteiger partial charge < -0.3 is 9.84 Å². The molecule has 158 valence electrons. The molecule has 0 aliphatic carbocycles. The van der Waals surface area contributed by atoms with Crippen LogP contribution in [0.2, 0.25) is 0 Å². The van der Waals surface area contributed by atoms with Crippen molar-refractivity contribution in [3.63, 3.8) is 0 Å². The van der Waals surface area contributed by atoms with Crippen LogP contribution < -0.4 is 10.9 Å². The SMILES string of the molecule is CCC(Sc1nc2ccccc2c(=O)n1-c1ccc(C)cc1)C(=O)Nc1cc(C)on1. The lowest BCUT2D eigenvalue weighted by Crippen LogP contribution is -2.27. The van der Waals surface area contributed by atoms with E-state index in [9.17, 15) is 9.59 Å². The van der Waals surface area contributed by atoms with Gasteiger partial charge in [0.05, 0.1) is 21.8 Å². The van der Waals surface area contributed by atoms with Gasteiger partial charge in [0.15, 0.2) is 11.0 Å². The molecule has 4 aromatic rings. The molecule has 2 aromatic heterocycles. The molecule has 0 saturated heterocycles. The summed E-state index contributed by atoms with van der Waals surface area (Å²) in [5, 5.41) is 7.12. The van der Waals surface area contributed by atoms with Gasteiger partial charge in [0.1, 0.15) is 5.76 Å². The molecule has 8 heteroatoms. The maximum atomic E-state index is 13.4. The number of nitrogens with one attached hydrogen (secondary N) is 1. The highest BCUT2D eigenvalue weighted by Crippen LogP contribution is 2.28. The predicted octanol–water partition coefficient (Wildman–Crippen LogP) is 4.50. The van der Waals surface area contributed by atoms with Gasteiger partial charge in [-0.3, -0.25) is 14.2 Å². The maximum absolute atomic E-state index is 13.4. The zero-order chi connectivity index (χ0) is 22.0. The van der Waals surface area contributed by atoms with Gasteiger partial charge in [0, 0.05) is 6.07 Å². The molecule has 7 nitrogen and oxygen atoms in total. The van der Waals surface area contributed by atoms with Crippen molar-refractivity contribution in [2.75, 3.05) is 5.32 Å². The minimum Gasteiger partial charge on any atom is -0.360 e. The molecular weight excluding hydrogens is 412 g/mol. The number of carbonyl (C=O) groups is 1. The summed E-state index contributed by atoms with van der Waals surface area (Å²) >= 11 is 1.26. The van der Waals surface area contributed by atoms with Crippen molar-refractivity contribution in [2.24, 2.45) is 0 Å². The smallest absolute Gasteiger partial charge is 0.266 e.